The van der Waals surface area contributed by atoms with E-state index in [1.165, 1.54) is 14.2 Å². The molecule has 0 aliphatic rings. The predicted molar refractivity (Wildman–Crippen MR) is 79.6 cm³/mol. The summed E-state index contributed by atoms with van der Waals surface area (Å²) >= 11 is 0. The van der Waals surface area contributed by atoms with Gasteiger partial charge in [0, 0.05) is 0 Å². The van der Waals surface area contributed by atoms with Gasteiger partial charge in [0.25, 0.3) is 0 Å². The van der Waals surface area contributed by atoms with Gasteiger partial charge in [-0.05, 0) is 38.5 Å². The van der Waals surface area contributed by atoms with Gasteiger partial charge in [0.1, 0.15) is 11.8 Å². The van der Waals surface area contributed by atoms with Crippen LogP contribution in [-0.4, -0.2) is 33.4 Å². The molecular weight excluding hydrogens is 294 g/mol. The van der Waals surface area contributed by atoms with Gasteiger partial charge in [0.2, 0.25) is 10.0 Å². The van der Waals surface area contributed by atoms with Crippen LogP contribution in [0.5, 0.6) is 5.75 Å². The molecule has 7 heteroatoms. The second kappa shape index (κ2) is 6.44. The summed E-state index contributed by atoms with van der Waals surface area (Å²) < 4.78 is 35.6. The highest BCUT2D eigenvalue weighted by molar-refractivity contribution is 7.90. The average molecular weight is 315 g/mol. The van der Waals surface area contributed by atoms with E-state index < -0.39 is 26.8 Å². The maximum atomic E-state index is 12.3. The van der Waals surface area contributed by atoms with Crippen molar-refractivity contribution in [2.45, 2.75) is 31.6 Å². The fraction of sp³-hybridized carbons (Fsp3) is 0.500. The first-order valence-electron chi connectivity index (χ1n) is 6.36. The third kappa shape index (κ3) is 4.18. The number of methoxy groups -OCH3 is 2. The molecule has 0 saturated heterocycles. The molecule has 0 spiro atoms. The second-order valence-electron chi connectivity index (χ2n) is 5.47. The number of benzene rings is 1. The zero-order valence-corrected chi connectivity index (χ0v) is 13.7. The van der Waals surface area contributed by atoms with Gasteiger partial charge in [0.15, 0.2) is 0 Å². The van der Waals surface area contributed by atoms with Crippen LogP contribution in [-0.2, 0) is 19.6 Å². The first-order valence-corrected chi connectivity index (χ1v) is 7.84. The molecule has 6 nitrogen and oxygen atoms in total. The Balaban J connectivity index is 3.22. The van der Waals surface area contributed by atoms with Crippen LogP contribution in [0.1, 0.15) is 32.4 Å². The van der Waals surface area contributed by atoms with Crippen LogP contribution >= 0.6 is 0 Å². The molecular formula is C14H21NO5S. The van der Waals surface area contributed by atoms with Gasteiger partial charge in [0.05, 0.1) is 19.0 Å². The number of carbonyl (C=O) groups is 1. The molecule has 0 fully saturated rings. The quantitative estimate of drug-likeness (QED) is 0.835. The largest absolute Gasteiger partial charge is 0.497 e. The Hall–Kier alpha value is -1.60. The number of sulfonamides is 1. The van der Waals surface area contributed by atoms with Gasteiger partial charge in [-0.1, -0.05) is 12.1 Å². The van der Waals surface area contributed by atoms with Crippen LogP contribution < -0.4 is 9.46 Å². The zero-order chi connectivity index (χ0) is 16.3. The molecule has 118 valence electrons. The molecule has 0 aliphatic heterocycles. The van der Waals surface area contributed by atoms with E-state index in [4.69, 9.17) is 9.47 Å². The van der Waals surface area contributed by atoms with Crippen molar-refractivity contribution in [3.05, 3.63) is 29.8 Å². The van der Waals surface area contributed by atoms with E-state index in [0.29, 0.717) is 11.3 Å². The highest BCUT2D eigenvalue weighted by Gasteiger charge is 2.35. The van der Waals surface area contributed by atoms with Gasteiger partial charge >= 0.3 is 5.97 Å². The monoisotopic (exact) mass is 315 g/mol. The van der Waals surface area contributed by atoms with E-state index in [2.05, 4.69) is 4.72 Å². The molecule has 0 radical (unpaired) electrons. The van der Waals surface area contributed by atoms with Gasteiger partial charge in [-0.15, -0.1) is 0 Å². The smallest absolute Gasteiger partial charge is 0.328 e. The van der Waals surface area contributed by atoms with Crippen molar-refractivity contribution in [3.8, 4) is 5.75 Å². The standard InChI is InChI=1S/C14H21NO5S/c1-14(2,3)21(17,18)15-12(13(16)20-5)10-7-6-8-11(9-10)19-4/h6-9,12,15H,1-5H3. The van der Waals surface area contributed by atoms with Crippen molar-refractivity contribution in [1.82, 2.24) is 4.72 Å². The molecule has 0 saturated carbocycles. The van der Waals surface area contributed by atoms with Crippen LogP contribution in [0.4, 0.5) is 0 Å². The SMILES string of the molecule is COC(=O)C(NS(=O)(=O)C(C)(C)C)c1cccc(OC)c1. The fourth-order valence-electron chi connectivity index (χ4n) is 1.52. The topological polar surface area (TPSA) is 81.7 Å². The van der Waals surface area contributed by atoms with Gasteiger partial charge in [-0.3, -0.25) is 0 Å². The van der Waals surface area contributed by atoms with E-state index in [0.717, 1.165) is 0 Å². The van der Waals surface area contributed by atoms with Gasteiger partial charge < -0.3 is 9.47 Å². The summed E-state index contributed by atoms with van der Waals surface area (Å²) in [6.07, 6.45) is 0. The Morgan fingerprint density at radius 3 is 2.33 bits per heavy atom. The molecule has 1 rings (SSSR count). The lowest BCUT2D eigenvalue weighted by molar-refractivity contribution is -0.142. The molecule has 1 aromatic rings. The van der Waals surface area contributed by atoms with E-state index in [1.807, 2.05) is 0 Å². The van der Waals surface area contributed by atoms with E-state index >= 15 is 0 Å². The predicted octanol–water partition coefficient (Wildman–Crippen LogP) is 1.63. The van der Waals surface area contributed by atoms with Gasteiger partial charge in [-0.2, -0.15) is 4.72 Å². The van der Waals surface area contributed by atoms with E-state index in [1.54, 1.807) is 45.0 Å². The number of rotatable bonds is 5. The van der Waals surface area contributed by atoms with Crippen LogP contribution in [0.3, 0.4) is 0 Å². The second-order valence-corrected chi connectivity index (χ2v) is 7.93. The lowest BCUT2D eigenvalue weighted by Gasteiger charge is -2.24. The third-order valence-corrected chi connectivity index (χ3v) is 5.10. The minimum Gasteiger partial charge on any atom is -0.497 e. The molecule has 1 unspecified atom stereocenters. The highest BCUT2D eigenvalue weighted by Crippen LogP contribution is 2.23. The van der Waals surface area contributed by atoms with Crippen LogP contribution in [0.25, 0.3) is 0 Å². The van der Waals surface area contributed by atoms with Crippen molar-refractivity contribution < 1.29 is 22.7 Å². The summed E-state index contributed by atoms with van der Waals surface area (Å²) in [4.78, 5) is 11.9. The average Bonchev–Trinajstić information content (AvgIpc) is 2.42. The number of nitrogens with one attached hydrogen (secondary N) is 1. The number of hydrogen-bond acceptors (Lipinski definition) is 5. The lowest BCUT2D eigenvalue weighted by atomic mass is 10.1. The van der Waals surface area contributed by atoms with Crippen LogP contribution in [0.15, 0.2) is 24.3 Å². The van der Waals surface area contributed by atoms with Crippen molar-refractivity contribution in [2.75, 3.05) is 14.2 Å². The Morgan fingerprint density at radius 2 is 1.86 bits per heavy atom. The summed E-state index contributed by atoms with van der Waals surface area (Å²) in [7, 11) is -1.01. The minimum atomic E-state index is -3.71. The summed E-state index contributed by atoms with van der Waals surface area (Å²) in [5, 5.41) is 0. The first kappa shape index (κ1) is 17.5. The molecule has 0 aliphatic carbocycles. The van der Waals surface area contributed by atoms with Gasteiger partial charge in [-0.25, -0.2) is 13.2 Å². The Kier molecular flexibility index (Phi) is 5.36. The van der Waals surface area contributed by atoms with E-state index in [9.17, 15) is 13.2 Å². The van der Waals surface area contributed by atoms with Crippen molar-refractivity contribution in [3.63, 3.8) is 0 Å². The Bertz CT molecular complexity index is 604. The molecule has 1 aromatic carbocycles. The van der Waals surface area contributed by atoms with Crippen molar-refractivity contribution in [2.24, 2.45) is 0 Å². The van der Waals surface area contributed by atoms with Crippen molar-refractivity contribution >= 4 is 16.0 Å². The first-order chi connectivity index (χ1) is 9.62. The number of ether oxygens (including phenoxy) is 2. The molecule has 21 heavy (non-hydrogen) atoms. The maximum absolute atomic E-state index is 12.3. The summed E-state index contributed by atoms with van der Waals surface area (Å²) in [6, 6.07) is 5.49. The zero-order valence-electron chi connectivity index (χ0n) is 12.8. The fourth-order valence-corrected chi connectivity index (χ4v) is 2.42. The number of esters is 1. The molecule has 0 heterocycles. The lowest BCUT2D eigenvalue weighted by Crippen LogP contribution is -2.43. The van der Waals surface area contributed by atoms with Crippen LogP contribution in [0.2, 0.25) is 0 Å². The van der Waals surface area contributed by atoms with Crippen molar-refractivity contribution in [1.29, 1.82) is 0 Å². The highest BCUT2D eigenvalue weighted by atomic mass is 32.2. The summed E-state index contributed by atoms with van der Waals surface area (Å²) in [5.41, 5.74) is 0.453. The minimum absolute atomic E-state index is 0.453. The van der Waals surface area contributed by atoms with Crippen LogP contribution in [0, 0.1) is 0 Å². The third-order valence-electron chi connectivity index (χ3n) is 2.94. The molecule has 1 N–H and O–H groups in total. The molecule has 0 aromatic heterocycles. The molecule has 1 atom stereocenters. The number of carbonyl (C=O) groups excluding carboxylic acids is 1. The number of hydrogen-bond donors (Lipinski definition) is 1. The molecule has 0 amide bonds. The normalized spacial score (nSPS) is 13.6. The van der Waals surface area contributed by atoms with E-state index in [-0.39, 0.29) is 0 Å². The summed E-state index contributed by atoms with van der Waals surface area (Å²) in [6.45, 7) is 4.65. The summed E-state index contributed by atoms with van der Waals surface area (Å²) in [5.74, 6) is -0.160. The molecule has 0 bridgehead atoms. The Morgan fingerprint density at radius 1 is 1.24 bits per heavy atom. The maximum Gasteiger partial charge on any atom is 0.328 e. The Labute approximate surface area is 125 Å².